The van der Waals surface area contributed by atoms with Crippen LogP contribution in [0.5, 0.6) is 0 Å². The molecule has 0 atom stereocenters. The molecule has 24 heavy (non-hydrogen) atoms. The Morgan fingerprint density at radius 2 is 2.08 bits per heavy atom. The predicted octanol–water partition coefficient (Wildman–Crippen LogP) is 3.85. The van der Waals surface area contributed by atoms with Crippen LogP contribution in [-0.2, 0) is 19.5 Å². The average molecular weight is 339 g/mol. The van der Waals surface area contributed by atoms with E-state index in [2.05, 4.69) is 51.0 Å². The molecule has 0 unspecified atom stereocenters. The van der Waals surface area contributed by atoms with Crippen molar-refractivity contribution in [2.75, 3.05) is 6.54 Å². The summed E-state index contributed by atoms with van der Waals surface area (Å²) in [4.78, 5) is 15.9. The maximum Gasteiger partial charge on any atom is 0.134 e. The van der Waals surface area contributed by atoms with E-state index in [-0.39, 0.29) is 0 Å². The zero-order chi connectivity index (χ0) is 16.7. The smallest absolute Gasteiger partial charge is 0.134 e. The molecule has 3 heterocycles. The van der Waals surface area contributed by atoms with E-state index in [4.69, 9.17) is 11.6 Å². The number of para-hydroxylation sites is 1. The number of aromatic nitrogens is 3. The van der Waals surface area contributed by atoms with Gasteiger partial charge in [0, 0.05) is 54.5 Å². The maximum atomic E-state index is 6.45. The Kier molecular flexibility index (Phi) is 3.94. The Balaban J connectivity index is 1.61. The Bertz CT molecular complexity index is 923. The lowest BCUT2D eigenvalue weighted by molar-refractivity contribution is 0.242. The quantitative estimate of drug-likeness (QED) is 0.665. The molecule has 3 aromatic rings. The third kappa shape index (κ3) is 2.87. The van der Waals surface area contributed by atoms with Gasteiger partial charge in [-0.1, -0.05) is 29.8 Å². The third-order valence-corrected chi connectivity index (χ3v) is 4.93. The molecule has 0 fully saturated rings. The number of pyridine rings is 1. The summed E-state index contributed by atoms with van der Waals surface area (Å²) in [5, 5.41) is 1.74. The monoisotopic (exact) mass is 338 g/mol. The highest BCUT2D eigenvalue weighted by molar-refractivity contribution is 6.30. The summed E-state index contributed by atoms with van der Waals surface area (Å²) in [6, 6.07) is 8.39. The van der Waals surface area contributed by atoms with Gasteiger partial charge in [-0.25, -0.2) is 15.0 Å². The van der Waals surface area contributed by atoms with Gasteiger partial charge in [-0.05, 0) is 25.5 Å². The molecule has 0 aliphatic carbocycles. The molecule has 0 bridgehead atoms. The summed E-state index contributed by atoms with van der Waals surface area (Å²) in [7, 11) is 0. The minimum absolute atomic E-state index is 0.600. The van der Waals surface area contributed by atoms with Crippen molar-refractivity contribution < 1.29 is 0 Å². The number of aryl methyl sites for hydroxylation is 2. The Morgan fingerprint density at radius 1 is 1.21 bits per heavy atom. The number of fused-ring (bicyclic) bond motifs is 2. The Hall–Kier alpha value is -2.04. The van der Waals surface area contributed by atoms with Gasteiger partial charge >= 0.3 is 0 Å². The molecule has 122 valence electrons. The lowest BCUT2D eigenvalue weighted by atomic mass is 10.1. The van der Waals surface area contributed by atoms with Crippen LogP contribution in [-0.4, -0.2) is 26.4 Å². The topological polar surface area (TPSA) is 41.9 Å². The fourth-order valence-corrected chi connectivity index (χ4v) is 3.53. The first-order valence-corrected chi connectivity index (χ1v) is 8.56. The first-order chi connectivity index (χ1) is 11.6. The molecule has 4 nitrogen and oxygen atoms in total. The Labute approximate surface area is 146 Å². The summed E-state index contributed by atoms with van der Waals surface area (Å²) in [5.74, 6) is 0.847. The van der Waals surface area contributed by atoms with Gasteiger partial charge in [-0.15, -0.1) is 0 Å². The van der Waals surface area contributed by atoms with Crippen molar-refractivity contribution in [1.82, 2.24) is 19.9 Å². The summed E-state index contributed by atoms with van der Waals surface area (Å²) in [6.45, 7) is 6.64. The lowest BCUT2D eigenvalue weighted by Gasteiger charge is -2.28. The summed E-state index contributed by atoms with van der Waals surface area (Å²) >= 11 is 6.45. The molecule has 2 aromatic heterocycles. The van der Waals surface area contributed by atoms with Crippen molar-refractivity contribution in [2.24, 2.45) is 0 Å². The zero-order valence-electron chi connectivity index (χ0n) is 13.9. The van der Waals surface area contributed by atoms with Crippen LogP contribution in [0.15, 0.2) is 30.5 Å². The molecular weight excluding hydrogens is 320 g/mol. The van der Waals surface area contributed by atoms with Crippen LogP contribution in [0, 0.1) is 13.8 Å². The van der Waals surface area contributed by atoms with Crippen LogP contribution in [0.3, 0.4) is 0 Å². The average Bonchev–Trinajstić information content (AvgIpc) is 2.57. The standard InChI is InChI=1S/C19H19ClN4/c1-12-4-3-5-14-8-15(19(20)23-18(12)14)10-24-7-6-17-16(11-24)9-21-13(2)22-17/h3-5,8-9H,6-7,10-11H2,1-2H3. The van der Waals surface area contributed by atoms with Gasteiger partial charge in [-0.2, -0.15) is 0 Å². The minimum atomic E-state index is 0.600. The van der Waals surface area contributed by atoms with E-state index in [9.17, 15) is 0 Å². The number of hydrogen-bond donors (Lipinski definition) is 0. The van der Waals surface area contributed by atoms with Gasteiger partial charge in [0.15, 0.2) is 0 Å². The molecule has 1 aliphatic rings. The van der Waals surface area contributed by atoms with E-state index in [1.54, 1.807) is 0 Å². The number of nitrogens with zero attached hydrogens (tertiary/aromatic N) is 4. The lowest BCUT2D eigenvalue weighted by Crippen LogP contribution is -2.31. The molecular formula is C19H19ClN4. The second kappa shape index (κ2) is 6.11. The van der Waals surface area contributed by atoms with E-state index >= 15 is 0 Å². The summed E-state index contributed by atoms with van der Waals surface area (Å²) < 4.78 is 0. The van der Waals surface area contributed by atoms with Crippen molar-refractivity contribution >= 4 is 22.5 Å². The Morgan fingerprint density at radius 3 is 2.96 bits per heavy atom. The van der Waals surface area contributed by atoms with E-state index in [0.29, 0.717) is 5.15 Å². The van der Waals surface area contributed by atoms with E-state index < -0.39 is 0 Å². The number of benzene rings is 1. The predicted molar refractivity (Wildman–Crippen MR) is 96.1 cm³/mol. The first-order valence-electron chi connectivity index (χ1n) is 8.18. The zero-order valence-corrected chi connectivity index (χ0v) is 14.6. The first kappa shape index (κ1) is 15.5. The summed E-state index contributed by atoms with van der Waals surface area (Å²) in [6.07, 6.45) is 2.91. The minimum Gasteiger partial charge on any atom is -0.294 e. The van der Waals surface area contributed by atoms with E-state index in [1.165, 1.54) is 11.3 Å². The molecule has 4 rings (SSSR count). The van der Waals surface area contributed by atoms with Gasteiger partial charge in [0.05, 0.1) is 5.52 Å². The van der Waals surface area contributed by atoms with Gasteiger partial charge in [0.1, 0.15) is 11.0 Å². The largest absolute Gasteiger partial charge is 0.294 e. The van der Waals surface area contributed by atoms with Crippen molar-refractivity contribution in [3.63, 3.8) is 0 Å². The van der Waals surface area contributed by atoms with Crippen LogP contribution in [0.4, 0.5) is 0 Å². The SMILES string of the molecule is Cc1ncc2c(n1)CCN(Cc1cc3cccc(C)c3nc1Cl)C2. The highest BCUT2D eigenvalue weighted by Gasteiger charge is 2.19. The normalized spacial score (nSPS) is 14.8. The molecule has 5 heteroatoms. The molecule has 0 amide bonds. The van der Waals surface area contributed by atoms with Gasteiger partial charge in [0.2, 0.25) is 0 Å². The van der Waals surface area contributed by atoms with Crippen molar-refractivity contribution in [3.05, 3.63) is 63.8 Å². The highest BCUT2D eigenvalue weighted by atomic mass is 35.5. The second-order valence-electron chi connectivity index (χ2n) is 6.43. The maximum absolute atomic E-state index is 6.45. The molecule has 0 spiro atoms. The second-order valence-corrected chi connectivity index (χ2v) is 6.79. The van der Waals surface area contributed by atoms with Crippen LogP contribution in [0.2, 0.25) is 5.15 Å². The van der Waals surface area contributed by atoms with Crippen LogP contribution < -0.4 is 0 Å². The molecule has 0 saturated carbocycles. The van der Waals surface area contributed by atoms with Gasteiger partial charge in [-0.3, -0.25) is 4.90 Å². The van der Waals surface area contributed by atoms with Crippen LogP contribution in [0.25, 0.3) is 10.9 Å². The number of hydrogen-bond acceptors (Lipinski definition) is 4. The molecule has 1 aliphatic heterocycles. The van der Waals surface area contributed by atoms with Crippen LogP contribution >= 0.6 is 11.6 Å². The van der Waals surface area contributed by atoms with Gasteiger partial charge < -0.3 is 0 Å². The number of halogens is 1. The van der Waals surface area contributed by atoms with Crippen molar-refractivity contribution in [2.45, 2.75) is 33.4 Å². The summed E-state index contributed by atoms with van der Waals surface area (Å²) in [5.41, 5.74) is 5.61. The number of rotatable bonds is 2. The van der Waals surface area contributed by atoms with Gasteiger partial charge in [0.25, 0.3) is 0 Å². The molecule has 0 saturated heterocycles. The fourth-order valence-electron chi connectivity index (χ4n) is 3.33. The van der Waals surface area contributed by atoms with Crippen LogP contribution in [0.1, 0.15) is 28.2 Å². The van der Waals surface area contributed by atoms with Crippen molar-refractivity contribution in [1.29, 1.82) is 0 Å². The highest BCUT2D eigenvalue weighted by Crippen LogP contribution is 2.26. The molecule has 0 N–H and O–H groups in total. The van der Waals surface area contributed by atoms with E-state index in [0.717, 1.165) is 53.9 Å². The molecule has 0 radical (unpaired) electrons. The van der Waals surface area contributed by atoms with E-state index in [1.807, 2.05) is 13.1 Å². The third-order valence-electron chi connectivity index (χ3n) is 4.60. The fraction of sp³-hybridized carbons (Fsp3) is 0.316. The molecule has 1 aromatic carbocycles. The van der Waals surface area contributed by atoms with Crippen molar-refractivity contribution in [3.8, 4) is 0 Å².